The number of halogens is 1. The monoisotopic (exact) mass is 303 g/mol. The van der Waals surface area contributed by atoms with Crippen molar-refractivity contribution in [1.82, 2.24) is 9.78 Å². The molecule has 0 saturated heterocycles. The van der Waals surface area contributed by atoms with Crippen molar-refractivity contribution in [2.24, 2.45) is 5.92 Å². The summed E-state index contributed by atoms with van der Waals surface area (Å²) in [7, 11) is 0. The van der Waals surface area contributed by atoms with Gasteiger partial charge < -0.3 is 5.32 Å². The van der Waals surface area contributed by atoms with Crippen LogP contribution in [0.3, 0.4) is 0 Å². The van der Waals surface area contributed by atoms with E-state index in [2.05, 4.69) is 23.4 Å². The fourth-order valence-electron chi connectivity index (χ4n) is 3.26. The Hall–Kier alpha value is -1.48. The smallest absolute Gasteiger partial charge is 0.106 e. The van der Waals surface area contributed by atoms with Crippen molar-refractivity contribution in [3.63, 3.8) is 0 Å². The largest absolute Gasteiger partial charge is 0.381 e. The SMILES string of the molecule is CC(Nc1cccc(Cl)c1-n1cccn1)C1CCCCC1. The first kappa shape index (κ1) is 14.5. The molecule has 0 bridgehead atoms. The van der Waals surface area contributed by atoms with Gasteiger partial charge in [-0.2, -0.15) is 5.10 Å². The molecule has 1 N–H and O–H groups in total. The van der Waals surface area contributed by atoms with Crippen LogP contribution in [0.15, 0.2) is 36.7 Å². The Bertz CT molecular complexity index is 574. The molecule has 112 valence electrons. The number of nitrogens with one attached hydrogen (secondary N) is 1. The van der Waals surface area contributed by atoms with Gasteiger partial charge in [0.15, 0.2) is 0 Å². The zero-order valence-corrected chi connectivity index (χ0v) is 13.2. The summed E-state index contributed by atoms with van der Waals surface area (Å²) in [6.07, 6.45) is 10.5. The number of hydrogen-bond donors (Lipinski definition) is 1. The van der Waals surface area contributed by atoms with Crippen molar-refractivity contribution < 1.29 is 0 Å². The van der Waals surface area contributed by atoms with Crippen molar-refractivity contribution in [3.05, 3.63) is 41.7 Å². The Balaban J connectivity index is 1.83. The molecule has 3 rings (SSSR count). The Kier molecular flexibility index (Phi) is 4.49. The fraction of sp³-hybridized carbons (Fsp3) is 0.471. The Morgan fingerprint density at radius 3 is 2.76 bits per heavy atom. The van der Waals surface area contributed by atoms with Gasteiger partial charge in [-0.05, 0) is 43.9 Å². The van der Waals surface area contributed by atoms with Crippen LogP contribution in [-0.2, 0) is 0 Å². The molecule has 1 aromatic heterocycles. The van der Waals surface area contributed by atoms with Crippen molar-refractivity contribution in [1.29, 1.82) is 0 Å². The predicted octanol–water partition coefficient (Wildman–Crippen LogP) is 4.91. The lowest BCUT2D eigenvalue weighted by atomic mass is 9.84. The number of nitrogens with zero attached hydrogens (tertiary/aromatic N) is 2. The first-order chi connectivity index (χ1) is 10.3. The highest BCUT2D eigenvalue weighted by molar-refractivity contribution is 6.33. The van der Waals surface area contributed by atoms with Crippen LogP contribution in [0.2, 0.25) is 5.02 Å². The third kappa shape index (κ3) is 3.24. The van der Waals surface area contributed by atoms with E-state index in [1.807, 2.05) is 29.1 Å². The molecule has 0 amide bonds. The van der Waals surface area contributed by atoms with Crippen LogP contribution >= 0.6 is 11.6 Å². The van der Waals surface area contributed by atoms with E-state index in [0.717, 1.165) is 22.3 Å². The predicted molar refractivity (Wildman–Crippen MR) is 88.2 cm³/mol. The third-order valence-electron chi connectivity index (χ3n) is 4.46. The van der Waals surface area contributed by atoms with Gasteiger partial charge in [-0.15, -0.1) is 0 Å². The van der Waals surface area contributed by atoms with Crippen molar-refractivity contribution in [2.75, 3.05) is 5.32 Å². The van der Waals surface area contributed by atoms with Crippen LogP contribution in [0, 0.1) is 5.92 Å². The molecule has 0 spiro atoms. The van der Waals surface area contributed by atoms with Gasteiger partial charge in [0.25, 0.3) is 0 Å². The summed E-state index contributed by atoms with van der Waals surface area (Å²) in [5.74, 6) is 0.753. The number of rotatable bonds is 4. The summed E-state index contributed by atoms with van der Waals surface area (Å²) in [6, 6.07) is 8.36. The quantitative estimate of drug-likeness (QED) is 0.870. The molecule has 1 aliphatic carbocycles. The third-order valence-corrected chi connectivity index (χ3v) is 4.77. The van der Waals surface area contributed by atoms with Gasteiger partial charge in [0, 0.05) is 18.4 Å². The molecule has 1 atom stereocenters. The average molecular weight is 304 g/mol. The lowest BCUT2D eigenvalue weighted by Crippen LogP contribution is -2.28. The van der Waals surface area contributed by atoms with E-state index in [1.165, 1.54) is 32.1 Å². The molecular weight excluding hydrogens is 282 g/mol. The van der Waals surface area contributed by atoms with E-state index in [9.17, 15) is 0 Å². The highest BCUT2D eigenvalue weighted by atomic mass is 35.5. The molecular formula is C17H22ClN3. The van der Waals surface area contributed by atoms with Crippen LogP contribution in [0.1, 0.15) is 39.0 Å². The van der Waals surface area contributed by atoms with Crippen LogP contribution in [0.5, 0.6) is 0 Å². The maximum Gasteiger partial charge on any atom is 0.106 e. The maximum atomic E-state index is 6.39. The number of anilines is 1. The molecule has 1 aliphatic rings. The standard InChI is InChI=1S/C17H22ClN3/c1-13(14-7-3-2-4-8-14)20-16-10-5-9-15(18)17(16)21-12-6-11-19-21/h5-6,9-14,20H,2-4,7-8H2,1H3. The van der Waals surface area contributed by atoms with Crippen molar-refractivity contribution in [3.8, 4) is 5.69 Å². The van der Waals surface area contributed by atoms with E-state index in [1.54, 1.807) is 6.20 Å². The summed E-state index contributed by atoms with van der Waals surface area (Å²) in [5, 5.41) is 8.71. The minimum absolute atomic E-state index is 0.457. The van der Waals surface area contributed by atoms with Gasteiger partial charge in [-0.1, -0.05) is 36.9 Å². The van der Waals surface area contributed by atoms with Gasteiger partial charge in [0.2, 0.25) is 0 Å². The summed E-state index contributed by atoms with van der Waals surface area (Å²) in [6.45, 7) is 2.28. The second-order valence-electron chi connectivity index (χ2n) is 5.92. The summed E-state index contributed by atoms with van der Waals surface area (Å²) >= 11 is 6.39. The van der Waals surface area contributed by atoms with Gasteiger partial charge in [-0.25, -0.2) is 4.68 Å². The lowest BCUT2D eigenvalue weighted by molar-refractivity contribution is 0.328. The number of benzene rings is 1. The summed E-state index contributed by atoms with van der Waals surface area (Å²) in [5.41, 5.74) is 2.00. The highest BCUT2D eigenvalue weighted by Gasteiger charge is 2.21. The topological polar surface area (TPSA) is 29.9 Å². The van der Waals surface area contributed by atoms with Gasteiger partial charge in [0.05, 0.1) is 10.7 Å². The van der Waals surface area contributed by atoms with E-state index in [0.29, 0.717) is 6.04 Å². The van der Waals surface area contributed by atoms with E-state index in [4.69, 9.17) is 11.6 Å². The molecule has 4 heteroatoms. The number of hydrogen-bond acceptors (Lipinski definition) is 2. The Labute approximate surface area is 131 Å². The highest BCUT2D eigenvalue weighted by Crippen LogP contribution is 2.32. The normalized spacial score (nSPS) is 17.6. The summed E-state index contributed by atoms with van der Waals surface area (Å²) in [4.78, 5) is 0. The second kappa shape index (κ2) is 6.52. The van der Waals surface area contributed by atoms with Crippen LogP contribution in [-0.4, -0.2) is 15.8 Å². The van der Waals surface area contributed by atoms with E-state index < -0.39 is 0 Å². The first-order valence-corrected chi connectivity index (χ1v) is 8.18. The zero-order valence-electron chi connectivity index (χ0n) is 12.4. The zero-order chi connectivity index (χ0) is 14.7. The second-order valence-corrected chi connectivity index (χ2v) is 6.32. The molecule has 1 aromatic carbocycles. The van der Waals surface area contributed by atoms with Gasteiger partial charge >= 0.3 is 0 Å². The molecule has 21 heavy (non-hydrogen) atoms. The van der Waals surface area contributed by atoms with Crippen LogP contribution in [0.25, 0.3) is 5.69 Å². The lowest BCUT2D eigenvalue weighted by Gasteiger charge is -2.29. The molecule has 1 fully saturated rings. The van der Waals surface area contributed by atoms with Crippen LogP contribution in [0.4, 0.5) is 5.69 Å². The van der Waals surface area contributed by atoms with Crippen molar-refractivity contribution >= 4 is 17.3 Å². The molecule has 1 unspecified atom stereocenters. The van der Waals surface area contributed by atoms with Gasteiger partial charge in [0.1, 0.15) is 5.69 Å². The van der Waals surface area contributed by atoms with Gasteiger partial charge in [-0.3, -0.25) is 0 Å². The van der Waals surface area contributed by atoms with Crippen LogP contribution < -0.4 is 5.32 Å². The average Bonchev–Trinajstić information content (AvgIpc) is 3.02. The molecule has 0 aliphatic heterocycles. The minimum Gasteiger partial charge on any atom is -0.381 e. The number of aromatic nitrogens is 2. The Morgan fingerprint density at radius 2 is 2.05 bits per heavy atom. The number of para-hydroxylation sites is 1. The van der Waals surface area contributed by atoms with E-state index in [-0.39, 0.29) is 0 Å². The summed E-state index contributed by atoms with van der Waals surface area (Å²) < 4.78 is 1.83. The van der Waals surface area contributed by atoms with E-state index >= 15 is 0 Å². The maximum absolute atomic E-state index is 6.39. The fourth-order valence-corrected chi connectivity index (χ4v) is 3.52. The van der Waals surface area contributed by atoms with Crippen molar-refractivity contribution in [2.45, 2.75) is 45.1 Å². The molecule has 2 aromatic rings. The molecule has 1 saturated carbocycles. The molecule has 0 radical (unpaired) electrons. The molecule has 3 nitrogen and oxygen atoms in total. The minimum atomic E-state index is 0.457. The molecule has 1 heterocycles. The Morgan fingerprint density at radius 1 is 1.24 bits per heavy atom. The first-order valence-electron chi connectivity index (χ1n) is 7.81.